The largest absolute Gasteiger partial charge is 0.493 e. The standard InChI is InChI=1S/C13H15NO2/c1-15-12-5-3-4-10(13(12)16-2)11(8-14)9-6-7-9/h3-5,9,11H,6-7H2,1-2H3. The molecule has 1 aromatic rings. The Balaban J connectivity index is 2.42. The van der Waals surface area contributed by atoms with Crippen molar-refractivity contribution in [3.8, 4) is 17.6 Å². The molecular weight excluding hydrogens is 202 g/mol. The number of rotatable bonds is 4. The Labute approximate surface area is 95.6 Å². The predicted octanol–water partition coefficient (Wildman–Crippen LogP) is 2.72. The summed E-state index contributed by atoms with van der Waals surface area (Å²) in [5, 5.41) is 9.23. The first-order valence-electron chi connectivity index (χ1n) is 5.42. The lowest BCUT2D eigenvalue weighted by atomic mass is 9.94. The van der Waals surface area contributed by atoms with Gasteiger partial charge in [-0.2, -0.15) is 5.26 Å². The molecule has 0 N–H and O–H groups in total. The van der Waals surface area contributed by atoms with Crippen molar-refractivity contribution < 1.29 is 9.47 Å². The van der Waals surface area contributed by atoms with Gasteiger partial charge in [-0.15, -0.1) is 0 Å². The second-order valence-corrected chi connectivity index (χ2v) is 4.03. The van der Waals surface area contributed by atoms with Gasteiger partial charge in [-0.1, -0.05) is 12.1 Å². The topological polar surface area (TPSA) is 42.2 Å². The molecular formula is C13H15NO2. The molecule has 3 nitrogen and oxygen atoms in total. The summed E-state index contributed by atoms with van der Waals surface area (Å²) in [6.45, 7) is 0. The normalized spacial score (nSPS) is 16.3. The molecule has 1 atom stereocenters. The Kier molecular flexibility index (Phi) is 3.00. The number of nitriles is 1. The number of benzene rings is 1. The molecule has 0 amide bonds. The zero-order valence-corrected chi connectivity index (χ0v) is 9.56. The summed E-state index contributed by atoms with van der Waals surface area (Å²) in [4.78, 5) is 0. The van der Waals surface area contributed by atoms with Gasteiger partial charge in [0.25, 0.3) is 0 Å². The highest BCUT2D eigenvalue weighted by atomic mass is 16.5. The number of nitrogens with zero attached hydrogens (tertiary/aromatic N) is 1. The van der Waals surface area contributed by atoms with Crippen LogP contribution in [0.15, 0.2) is 18.2 Å². The van der Waals surface area contributed by atoms with E-state index in [9.17, 15) is 5.26 Å². The number of para-hydroxylation sites is 1. The van der Waals surface area contributed by atoms with Gasteiger partial charge in [0, 0.05) is 5.56 Å². The van der Waals surface area contributed by atoms with E-state index in [4.69, 9.17) is 9.47 Å². The molecule has 0 radical (unpaired) electrons. The van der Waals surface area contributed by atoms with Crippen molar-refractivity contribution in [3.63, 3.8) is 0 Å². The third-order valence-electron chi connectivity index (χ3n) is 3.00. The highest BCUT2D eigenvalue weighted by Gasteiger charge is 2.34. The maximum absolute atomic E-state index is 9.23. The van der Waals surface area contributed by atoms with Crippen molar-refractivity contribution in [2.45, 2.75) is 18.8 Å². The smallest absolute Gasteiger partial charge is 0.165 e. The number of hydrogen-bond acceptors (Lipinski definition) is 3. The second-order valence-electron chi connectivity index (χ2n) is 4.03. The summed E-state index contributed by atoms with van der Waals surface area (Å²) in [6.07, 6.45) is 2.27. The SMILES string of the molecule is COc1cccc(C(C#N)C2CC2)c1OC. The van der Waals surface area contributed by atoms with Crippen molar-refractivity contribution in [3.05, 3.63) is 23.8 Å². The molecule has 16 heavy (non-hydrogen) atoms. The summed E-state index contributed by atoms with van der Waals surface area (Å²) in [7, 11) is 3.23. The lowest BCUT2D eigenvalue weighted by Crippen LogP contribution is -2.02. The van der Waals surface area contributed by atoms with Gasteiger partial charge in [0.2, 0.25) is 0 Å². The molecule has 1 saturated carbocycles. The van der Waals surface area contributed by atoms with Crippen molar-refractivity contribution in [2.75, 3.05) is 14.2 Å². The Morgan fingerprint density at radius 3 is 2.56 bits per heavy atom. The van der Waals surface area contributed by atoms with Gasteiger partial charge < -0.3 is 9.47 Å². The van der Waals surface area contributed by atoms with E-state index in [1.165, 1.54) is 0 Å². The minimum atomic E-state index is -0.0648. The van der Waals surface area contributed by atoms with Gasteiger partial charge in [-0.05, 0) is 24.8 Å². The molecule has 2 rings (SSSR count). The fourth-order valence-electron chi connectivity index (χ4n) is 2.02. The van der Waals surface area contributed by atoms with Crippen LogP contribution in [0.2, 0.25) is 0 Å². The molecule has 1 fully saturated rings. The van der Waals surface area contributed by atoms with Crippen LogP contribution in [0.25, 0.3) is 0 Å². The summed E-state index contributed by atoms with van der Waals surface area (Å²) in [6, 6.07) is 8.08. The van der Waals surface area contributed by atoms with Crippen molar-refractivity contribution >= 4 is 0 Å². The van der Waals surface area contributed by atoms with E-state index in [-0.39, 0.29) is 5.92 Å². The maximum Gasteiger partial charge on any atom is 0.165 e. The fraction of sp³-hybridized carbons (Fsp3) is 0.462. The van der Waals surface area contributed by atoms with E-state index in [0.29, 0.717) is 17.4 Å². The zero-order chi connectivity index (χ0) is 11.5. The zero-order valence-electron chi connectivity index (χ0n) is 9.56. The lowest BCUT2D eigenvalue weighted by molar-refractivity contribution is 0.350. The average Bonchev–Trinajstić information content (AvgIpc) is 3.14. The molecule has 0 bridgehead atoms. The van der Waals surface area contributed by atoms with Crippen molar-refractivity contribution in [1.29, 1.82) is 5.26 Å². The van der Waals surface area contributed by atoms with Gasteiger partial charge >= 0.3 is 0 Å². The summed E-state index contributed by atoms with van der Waals surface area (Å²) < 4.78 is 10.6. The number of methoxy groups -OCH3 is 2. The lowest BCUT2D eigenvalue weighted by Gasteiger charge is -2.15. The van der Waals surface area contributed by atoms with Crippen LogP contribution in [0.5, 0.6) is 11.5 Å². The Morgan fingerprint density at radius 1 is 1.31 bits per heavy atom. The Morgan fingerprint density at radius 2 is 2.06 bits per heavy atom. The van der Waals surface area contributed by atoms with Crippen molar-refractivity contribution in [1.82, 2.24) is 0 Å². The van der Waals surface area contributed by atoms with E-state index in [0.717, 1.165) is 18.4 Å². The minimum Gasteiger partial charge on any atom is -0.493 e. The molecule has 84 valence electrons. The van der Waals surface area contributed by atoms with Gasteiger partial charge in [0.05, 0.1) is 26.2 Å². The number of hydrogen-bond donors (Lipinski definition) is 0. The molecule has 0 saturated heterocycles. The summed E-state index contributed by atoms with van der Waals surface area (Å²) in [5.41, 5.74) is 0.951. The van der Waals surface area contributed by atoms with Crippen LogP contribution < -0.4 is 9.47 Å². The molecule has 0 heterocycles. The van der Waals surface area contributed by atoms with Crippen LogP contribution in [0.3, 0.4) is 0 Å². The van der Waals surface area contributed by atoms with Crippen LogP contribution in [0, 0.1) is 17.2 Å². The van der Waals surface area contributed by atoms with Gasteiger partial charge in [0.1, 0.15) is 0 Å². The molecule has 1 aliphatic carbocycles. The van der Waals surface area contributed by atoms with Crippen LogP contribution in [-0.2, 0) is 0 Å². The molecule has 1 aliphatic rings. The third kappa shape index (κ3) is 1.83. The van der Waals surface area contributed by atoms with E-state index in [1.807, 2.05) is 18.2 Å². The minimum absolute atomic E-state index is 0.0648. The first-order chi connectivity index (χ1) is 7.81. The highest BCUT2D eigenvalue weighted by molar-refractivity contribution is 5.50. The quantitative estimate of drug-likeness (QED) is 0.778. The monoisotopic (exact) mass is 217 g/mol. The van der Waals surface area contributed by atoms with E-state index in [2.05, 4.69) is 6.07 Å². The Bertz CT molecular complexity index is 418. The summed E-state index contributed by atoms with van der Waals surface area (Å²) in [5.74, 6) is 1.82. The van der Waals surface area contributed by atoms with Crippen molar-refractivity contribution in [2.24, 2.45) is 5.92 Å². The van der Waals surface area contributed by atoms with Gasteiger partial charge in [0.15, 0.2) is 11.5 Å². The van der Waals surface area contributed by atoms with E-state index < -0.39 is 0 Å². The first-order valence-corrected chi connectivity index (χ1v) is 5.42. The van der Waals surface area contributed by atoms with Crippen LogP contribution >= 0.6 is 0 Å². The van der Waals surface area contributed by atoms with E-state index >= 15 is 0 Å². The third-order valence-corrected chi connectivity index (χ3v) is 3.00. The predicted molar refractivity (Wildman–Crippen MR) is 60.6 cm³/mol. The first kappa shape index (κ1) is 10.8. The maximum atomic E-state index is 9.23. The molecule has 0 spiro atoms. The van der Waals surface area contributed by atoms with Crippen LogP contribution in [-0.4, -0.2) is 14.2 Å². The van der Waals surface area contributed by atoms with Gasteiger partial charge in [-0.3, -0.25) is 0 Å². The van der Waals surface area contributed by atoms with E-state index in [1.54, 1.807) is 14.2 Å². The molecule has 0 aliphatic heterocycles. The van der Waals surface area contributed by atoms with Crippen LogP contribution in [0.4, 0.5) is 0 Å². The highest BCUT2D eigenvalue weighted by Crippen LogP contribution is 2.46. The molecule has 1 aromatic carbocycles. The fourth-order valence-corrected chi connectivity index (χ4v) is 2.02. The number of ether oxygens (including phenoxy) is 2. The van der Waals surface area contributed by atoms with Crippen LogP contribution in [0.1, 0.15) is 24.3 Å². The Hall–Kier alpha value is -1.69. The average molecular weight is 217 g/mol. The van der Waals surface area contributed by atoms with Gasteiger partial charge in [-0.25, -0.2) is 0 Å². The molecule has 1 unspecified atom stereocenters. The second kappa shape index (κ2) is 4.44. The molecule has 3 heteroatoms. The summed E-state index contributed by atoms with van der Waals surface area (Å²) >= 11 is 0. The molecule has 0 aromatic heterocycles.